The van der Waals surface area contributed by atoms with Gasteiger partial charge in [-0.05, 0) is 33.7 Å². The first kappa shape index (κ1) is 15.2. The molecule has 0 heterocycles. The number of benzene rings is 4. The minimum absolute atomic E-state index is 0.0522. The van der Waals surface area contributed by atoms with Crippen LogP contribution in [0, 0.1) is 0 Å². The van der Waals surface area contributed by atoms with Crippen molar-refractivity contribution in [2.45, 2.75) is 9.79 Å². The van der Waals surface area contributed by atoms with Crippen LogP contribution in [0.4, 0.5) is 0 Å². The molecule has 2 N–H and O–H groups in total. The van der Waals surface area contributed by atoms with Gasteiger partial charge in [0.1, 0.15) is 11.5 Å². The lowest BCUT2D eigenvalue weighted by molar-refractivity contribution is 0.457. The first-order valence-corrected chi connectivity index (χ1v) is 8.35. The summed E-state index contributed by atoms with van der Waals surface area (Å²) < 4.78 is 0. The number of rotatable bonds is 1. The molecule has 0 radical (unpaired) electrons. The second-order valence-electron chi connectivity index (χ2n) is 5.68. The molecule has 0 aliphatic carbocycles. The molecule has 4 rings (SSSR count). The van der Waals surface area contributed by atoms with E-state index in [-0.39, 0.29) is 11.5 Å². The van der Waals surface area contributed by atoms with Crippen molar-refractivity contribution < 1.29 is 10.2 Å². The average molecular weight is 350 g/mol. The minimum Gasteiger partial charge on any atom is -0.506 e. The van der Waals surface area contributed by atoms with E-state index >= 15 is 0 Å². The molecule has 0 aromatic heterocycles. The fourth-order valence-corrected chi connectivity index (χ4v) is 3.65. The summed E-state index contributed by atoms with van der Waals surface area (Å²) in [4.78, 5) is 0.938. The summed E-state index contributed by atoms with van der Waals surface area (Å²) in [6, 6.07) is 19.1. The largest absolute Gasteiger partial charge is 0.506 e. The Morgan fingerprint density at radius 3 is 1.38 bits per heavy atom. The van der Waals surface area contributed by atoms with Gasteiger partial charge in [-0.15, -0.1) is 25.3 Å². The van der Waals surface area contributed by atoms with Crippen molar-refractivity contribution in [3.8, 4) is 22.6 Å². The molecule has 24 heavy (non-hydrogen) atoms. The predicted molar refractivity (Wildman–Crippen MR) is 105 cm³/mol. The fourth-order valence-electron chi connectivity index (χ4n) is 3.15. The summed E-state index contributed by atoms with van der Waals surface area (Å²) in [7, 11) is 0. The molecule has 0 aliphatic heterocycles. The van der Waals surface area contributed by atoms with Gasteiger partial charge in [-0.25, -0.2) is 0 Å². The van der Waals surface area contributed by atoms with Gasteiger partial charge in [0.15, 0.2) is 0 Å². The number of aromatic hydroxyl groups is 2. The quantitative estimate of drug-likeness (QED) is 0.335. The molecule has 4 aromatic carbocycles. The molecular weight excluding hydrogens is 336 g/mol. The van der Waals surface area contributed by atoms with Crippen molar-refractivity contribution in [3.63, 3.8) is 0 Å². The summed E-state index contributed by atoms with van der Waals surface area (Å²) >= 11 is 8.79. The summed E-state index contributed by atoms with van der Waals surface area (Å²) in [6.07, 6.45) is 0. The maximum absolute atomic E-state index is 10.7. The van der Waals surface area contributed by atoms with Crippen LogP contribution in [-0.4, -0.2) is 10.2 Å². The Bertz CT molecular complexity index is 1010. The third-order valence-corrected chi connectivity index (χ3v) is 4.94. The molecule has 118 valence electrons. The van der Waals surface area contributed by atoms with Gasteiger partial charge in [0.25, 0.3) is 0 Å². The number of thiol groups is 2. The van der Waals surface area contributed by atoms with Crippen LogP contribution in [0.3, 0.4) is 0 Å². The van der Waals surface area contributed by atoms with Crippen LogP contribution < -0.4 is 0 Å². The van der Waals surface area contributed by atoms with E-state index in [0.717, 1.165) is 21.5 Å². The molecule has 0 saturated heterocycles. The number of fused-ring (bicyclic) bond motifs is 2. The van der Waals surface area contributed by atoms with Crippen LogP contribution in [-0.2, 0) is 0 Å². The lowest BCUT2D eigenvalue weighted by Gasteiger charge is -2.16. The molecule has 0 amide bonds. The van der Waals surface area contributed by atoms with Crippen LogP contribution >= 0.6 is 25.3 Å². The summed E-state index contributed by atoms with van der Waals surface area (Å²) in [5.41, 5.74) is 1.14. The first-order chi connectivity index (χ1) is 11.6. The van der Waals surface area contributed by atoms with E-state index in [1.54, 1.807) is 0 Å². The first-order valence-electron chi connectivity index (χ1n) is 7.45. The van der Waals surface area contributed by atoms with Crippen LogP contribution in [0.1, 0.15) is 0 Å². The summed E-state index contributed by atoms with van der Waals surface area (Å²) in [5, 5.41) is 25.0. The second-order valence-corrected chi connectivity index (χ2v) is 6.64. The van der Waals surface area contributed by atoms with Crippen molar-refractivity contribution in [1.29, 1.82) is 0 Å². The van der Waals surface area contributed by atoms with Gasteiger partial charge < -0.3 is 10.2 Å². The third kappa shape index (κ3) is 2.22. The Morgan fingerprint density at radius 1 is 0.583 bits per heavy atom. The van der Waals surface area contributed by atoms with Crippen LogP contribution in [0.25, 0.3) is 32.7 Å². The van der Waals surface area contributed by atoms with E-state index in [0.29, 0.717) is 20.9 Å². The Morgan fingerprint density at radius 2 is 0.958 bits per heavy atom. The van der Waals surface area contributed by atoms with E-state index in [2.05, 4.69) is 25.3 Å². The zero-order valence-electron chi connectivity index (χ0n) is 12.6. The predicted octanol–water partition coefficient (Wildman–Crippen LogP) is 5.65. The molecule has 0 atom stereocenters. The highest BCUT2D eigenvalue weighted by molar-refractivity contribution is 7.80. The molecule has 4 heteroatoms. The molecule has 2 nitrogen and oxygen atoms in total. The van der Waals surface area contributed by atoms with Gasteiger partial charge in [-0.2, -0.15) is 0 Å². The zero-order valence-corrected chi connectivity index (χ0v) is 14.4. The lowest BCUT2D eigenvalue weighted by atomic mass is 9.92. The topological polar surface area (TPSA) is 40.5 Å². The molecule has 0 aliphatic rings. The lowest BCUT2D eigenvalue weighted by Crippen LogP contribution is -1.89. The Labute approximate surface area is 150 Å². The summed E-state index contributed by atoms with van der Waals surface area (Å²) in [6.45, 7) is 0. The van der Waals surface area contributed by atoms with Gasteiger partial charge in [-0.1, -0.05) is 48.5 Å². The van der Waals surface area contributed by atoms with Gasteiger partial charge in [0.05, 0.1) is 0 Å². The molecule has 0 unspecified atom stereocenters. The highest BCUT2D eigenvalue weighted by Gasteiger charge is 2.20. The molecule has 0 saturated carbocycles. The molecule has 4 aromatic rings. The van der Waals surface area contributed by atoms with Gasteiger partial charge in [-0.3, -0.25) is 0 Å². The van der Waals surface area contributed by atoms with Crippen LogP contribution in [0.15, 0.2) is 70.5 Å². The maximum atomic E-state index is 10.7. The number of hydrogen-bond donors (Lipinski definition) is 4. The van der Waals surface area contributed by atoms with E-state index in [1.807, 2.05) is 60.7 Å². The van der Waals surface area contributed by atoms with Gasteiger partial charge >= 0.3 is 0 Å². The average Bonchev–Trinajstić information content (AvgIpc) is 2.58. The van der Waals surface area contributed by atoms with E-state index < -0.39 is 0 Å². The van der Waals surface area contributed by atoms with E-state index in [1.165, 1.54) is 0 Å². The van der Waals surface area contributed by atoms with Crippen molar-refractivity contribution in [2.24, 2.45) is 0 Å². The van der Waals surface area contributed by atoms with E-state index in [9.17, 15) is 10.2 Å². The fraction of sp³-hybridized carbons (Fsp3) is 0. The Balaban J connectivity index is 2.26. The van der Waals surface area contributed by atoms with E-state index in [4.69, 9.17) is 0 Å². The van der Waals surface area contributed by atoms with Crippen molar-refractivity contribution in [1.82, 2.24) is 0 Å². The third-order valence-electron chi connectivity index (χ3n) is 4.25. The second kappa shape index (κ2) is 5.65. The standard InChI is InChI=1S/C20H14O2S2/c21-19-15(23)9-11-5-1-3-7-13(11)17(19)18-14-8-4-2-6-12(14)10-16(24)20(18)22/h1-10,21-24H. The minimum atomic E-state index is 0.0522. The maximum Gasteiger partial charge on any atom is 0.137 e. The van der Waals surface area contributed by atoms with Crippen LogP contribution in [0.2, 0.25) is 0 Å². The smallest absolute Gasteiger partial charge is 0.137 e. The SMILES string of the molecule is Oc1c(S)cc2ccccc2c1-c1c(O)c(S)cc2ccccc12. The number of phenols is 2. The van der Waals surface area contributed by atoms with Crippen LogP contribution in [0.5, 0.6) is 11.5 Å². The number of phenolic OH excluding ortho intramolecular Hbond substituents is 2. The highest BCUT2D eigenvalue weighted by atomic mass is 32.1. The normalized spacial score (nSPS) is 11.2. The van der Waals surface area contributed by atoms with Gasteiger partial charge in [0, 0.05) is 20.9 Å². The summed E-state index contributed by atoms with van der Waals surface area (Å²) in [5.74, 6) is 0.104. The highest BCUT2D eigenvalue weighted by Crippen LogP contribution is 2.48. The van der Waals surface area contributed by atoms with Crippen molar-refractivity contribution >= 4 is 46.8 Å². The number of hydrogen-bond acceptors (Lipinski definition) is 4. The Hall–Kier alpha value is -2.30. The van der Waals surface area contributed by atoms with Crippen molar-refractivity contribution in [2.75, 3.05) is 0 Å². The monoisotopic (exact) mass is 350 g/mol. The van der Waals surface area contributed by atoms with Gasteiger partial charge in [0.2, 0.25) is 0 Å². The molecular formula is C20H14O2S2. The molecule has 0 spiro atoms. The van der Waals surface area contributed by atoms with Crippen molar-refractivity contribution in [3.05, 3.63) is 60.7 Å². The zero-order chi connectivity index (χ0) is 16.8. The molecule has 0 fully saturated rings. The molecule has 0 bridgehead atoms. The Kier molecular flexibility index (Phi) is 3.59.